The lowest BCUT2D eigenvalue weighted by molar-refractivity contribution is 0.0661. The number of piperidine rings is 1. The molecule has 2 rings (SSSR count). The number of nitrogens with zero attached hydrogens (tertiary/aromatic N) is 1. The molecule has 3 nitrogen and oxygen atoms in total. The number of hydrogen-bond donors (Lipinski definition) is 1. The summed E-state index contributed by atoms with van der Waals surface area (Å²) in [4.78, 5) is 14.3. The van der Waals surface area contributed by atoms with Gasteiger partial charge in [-0.15, -0.1) is 0 Å². The number of halogens is 2. The minimum Gasteiger partial charge on any atom is -0.338 e. The van der Waals surface area contributed by atoms with Gasteiger partial charge in [-0.1, -0.05) is 23.2 Å². The Morgan fingerprint density at radius 2 is 2.21 bits per heavy atom. The molecule has 2 atom stereocenters. The quantitative estimate of drug-likeness (QED) is 0.912. The number of rotatable bonds is 2. The second-order valence-electron chi connectivity index (χ2n) is 5.14. The molecule has 2 N–H and O–H groups in total. The third-order valence-corrected chi connectivity index (χ3v) is 4.20. The van der Waals surface area contributed by atoms with Crippen LogP contribution in [0.4, 0.5) is 0 Å². The van der Waals surface area contributed by atoms with Gasteiger partial charge in [-0.05, 0) is 43.9 Å². The molecule has 0 aromatic heterocycles. The van der Waals surface area contributed by atoms with Crippen molar-refractivity contribution in [2.75, 3.05) is 13.1 Å². The highest BCUT2D eigenvalue weighted by atomic mass is 35.5. The molecule has 0 bridgehead atoms. The van der Waals surface area contributed by atoms with E-state index in [0.717, 1.165) is 19.4 Å². The molecule has 0 aliphatic carbocycles. The zero-order valence-electron chi connectivity index (χ0n) is 10.9. The van der Waals surface area contributed by atoms with E-state index in [1.54, 1.807) is 18.2 Å². The van der Waals surface area contributed by atoms with E-state index in [1.165, 1.54) is 0 Å². The van der Waals surface area contributed by atoms with E-state index in [-0.39, 0.29) is 11.9 Å². The van der Waals surface area contributed by atoms with Crippen molar-refractivity contribution in [3.8, 4) is 0 Å². The lowest BCUT2D eigenvalue weighted by Crippen LogP contribution is -2.45. The maximum absolute atomic E-state index is 12.5. The minimum atomic E-state index is -0.0352. The second-order valence-corrected chi connectivity index (χ2v) is 5.98. The van der Waals surface area contributed by atoms with Gasteiger partial charge in [-0.2, -0.15) is 0 Å². The summed E-state index contributed by atoms with van der Waals surface area (Å²) in [6.07, 6.45) is 2.07. The van der Waals surface area contributed by atoms with E-state index in [9.17, 15) is 4.79 Å². The van der Waals surface area contributed by atoms with Crippen LogP contribution in [-0.2, 0) is 0 Å². The van der Waals surface area contributed by atoms with Gasteiger partial charge in [0.1, 0.15) is 0 Å². The van der Waals surface area contributed by atoms with Crippen LogP contribution >= 0.6 is 23.2 Å². The highest BCUT2D eigenvalue weighted by Gasteiger charge is 2.27. The number of amides is 1. The lowest BCUT2D eigenvalue weighted by atomic mass is 9.92. The van der Waals surface area contributed by atoms with E-state index < -0.39 is 0 Å². The topological polar surface area (TPSA) is 46.3 Å². The molecule has 104 valence electrons. The number of benzene rings is 1. The molecule has 0 saturated carbocycles. The van der Waals surface area contributed by atoms with Crippen LogP contribution < -0.4 is 5.73 Å². The monoisotopic (exact) mass is 300 g/mol. The van der Waals surface area contributed by atoms with Crippen molar-refractivity contribution in [1.82, 2.24) is 4.90 Å². The van der Waals surface area contributed by atoms with Gasteiger partial charge in [-0.25, -0.2) is 0 Å². The number of nitrogens with two attached hydrogens (primary N) is 1. The van der Waals surface area contributed by atoms with Gasteiger partial charge in [0.25, 0.3) is 5.91 Å². The predicted octanol–water partition coefficient (Wildman–Crippen LogP) is 3.19. The van der Waals surface area contributed by atoms with E-state index in [0.29, 0.717) is 28.1 Å². The summed E-state index contributed by atoms with van der Waals surface area (Å²) in [6.45, 7) is 3.46. The molecule has 1 heterocycles. The van der Waals surface area contributed by atoms with Crippen molar-refractivity contribution < 1.29 is 4.79 Å². The number of carbonyl (C=O) groups excluding carboxylic acids is 1. The van der Waals surface area contributed by atoms with Crippen molar-refractivity contribution in [2.45, 2.75) is 25.8 Å². The Bertz CT molecular complexity index is 477. The summed E-state index contributed by atoms with van der Waals surface area (Å²) in [5.41, 5.74) is 6.45. The highest BCUT2D eigenvalue weighted by molar-refractivity contribution is 6.36. The minimum absolute atomic E-state index is 0.0352. The second kappa shape index (κ2) is 6.12. The summed E-state index contributed by atoms with van der Waals surface area (Å²) in [5, 5.41) is 0.939. The van der Waals surface area contributed by atoms with Gasteiger partial charge in [0.05, 0.1) is 10.6 Å². The first-order valence-corrected chi connectivity index (χ1v) is 7.24. The van der Waals surface area contributed by atoms with Crippen LogP contribution in [0.2, 0.25) is 10.0 Å². The molecule has 1 aliphatic rings. The van der Waals surface area contributed by atoms with E-state index in [2.05, 4.69) is 0 Å². The van der Waals surface area contributed by atoms with Crippen LogP contribution in [0.25, 0.3) is 0 Å². The molecule has 1 fully saturated rings. The summed E-state index contributed by atoms with van der Waals surface area (Å²) in [7, 11) is 0. The van der Waals surface area contributed by atoms with Gasteiger partial charge in [0, 0.05) is 24.2 Å². The van der Waals surface area contributed by atoms with Gasteiger partial charge >= 0.3 is 0 Å². The first-order valence-electron chi connectivity index (χ1n) is 6.49. The Balaban J connectivity index is 2.15. The maximum atomic E-state index is 12.5. The first kappa shape index (κ1) is 14.6. The molecule has 1 aliphatic heterocycles. The van der Waals surface area contributed by atoms with Gasteiger partial charge in [-0.3, -0.25) is 4.79 Å². The molecule has 1 amide bonds. The molecule has 19 heavy (non-hydrogen) atoms. The van der Waals surface area contributed by atoms with Crippen LogP contribution in [0.3, 0.4) is 0 Å². The number of hydrogen-bond acceptors (Lipinski definition) is 2. The van der Waals surface area contributed by atoms with Crippen molar-refractivity contribution in [3.63, 3.8) is 0 Å². The average Bonchev–Trinajstić information content (AvgIpc) is 2.38. The summed E-state index contributed by atoms with van der Waals surface area (Å²) in [5.74, 6) is 0.329. The third-order valence-electron chi connectivity index (χ3n) is 3.65. The first-order chi connectivity index (χ1) is 8.99. The van der Waals surface area contributed by atoms with E-state index in [1.807, 2.05) is 11.8 Å². The Labute approximate surface area is 123 Å². The normalized spacial score (nSPS) is 21.3. The number of carbonyl (C=O) groups is 1. The molecular weight excluding hydrogens is 283 g/mol. The Morgan fingerprint density at radius 3 is 2.84 bits per heavy atom. The third kappa shape index (κ3) is 3.41. The smallest absolute Gasteiger partial charge is 0.255 e. The molecule has 1 aromatic carbocycles. The van der Waals surface area contributed by atoms with Crippen LogP contribution in [0, 0.1) is 5.92 Å². The van der Waals surface area contributed by atoms with Crippen LogP contribution in [-0.4, -0.2) is 29.9 Å². The zero-order chi connectivity index (χ0) is 14.0. The fourth-order valence-electron chi connectivity index (χ4n) is 2.46. The lowest BCUT2D eigenvalue weighted by Gasteiger charge is -2.34. The van der Waals surface area contributed by atoms with Crippen molar-refractivity contribution in [2.24, 2.45) is 11.7 Å². The highest BCUT2D eigenvalue weighted by Crippen LogP contribution is 2.25. The molecule has 1 aromatic rings. The fraction of sp³-hybridized carbons (Fsp3) is 0.500. The molecule has 0 radical (unpaired) electrons. The maximum Gasteiger partial charge on any atom is 0.255 e. The van der Waals surface area contributed by atoms with Gasteiger partial charge in [0.2, 0.25) is 0 Å². The summed E-state index contributed by atoms with van der Waals surface area (Å²) >= 11 is 11.9. The Hall–Kier alpha value is -0.770. The molecule has 5 heteroatoms. The van der Waals surface area contributed by atoms with Crippen molar-refractivity contribution in [1.29, 1.82) is 0 Å². The van der Waals surface area contributed by atoms with Crippen LogP contribution in [0.5, 0.6) is 0 Å². The van der Waals surface area contributed by atoms with Crippen molar-refractivity contribution >= 4 is 29.1 Å². The predicted molar refractivity (Wildman–Crippen MR) is 78.7 cm³/mol. The SMILES string of the molecule is C[C@H](N)[C@@H]1CCCN(C(=O)c2ccc(Cl)cc2Cl)C1. The fourth-order valence-corrected chi connectivity index (χ4v) is 2.95. The molecular formula is C14H18Cl2N2O. The Morgan fingerprint density at radius 1 is 1.47 bits per heavy atom. The van der Waals surface area contributed by atoms with Gasteiger partial charge < -0.3 is 10.6 Å². The molecule has 1 saturated heterocycles. The van der Waals surface area contributed by atoms with Crippen LogP contribution in [0.15, 0.2) is 18.2 Å². The summed E-state index contributed by atoms with van der Waals surface area (Å²) in [6, 6.07) is 5.08. The number of likely N-dealkylation sites (tertiary alicyclic amines) is 1. The Kier molecular flexibility index (Phi) is 4.71. The summed E-state index contributed by atoms with van der Waals surface area (Å²) < 4.78 is 0. The zero-order valence-corrected chi connectivity index (χ0v) is 12.4. The van der Waals surface area contributed by atoms with E-state index in [4.69, 9.17) is 28.9 Å². The largest absolute Gasteiger partial charge is 0.338 e. The van der Waals surface area contributed by atoms with E-state index >= 15 is 0 Å². The molecule has 0 unspecified atom stereocenters. The molecule has 0 spiro atoms. The standard InChI is InChI=1S/C14H18Cl2N2O/c1-9(17)10-3-2-6-18(8-10)14(19)12-5-4-11(15)7-13(12)16/h4-5,7,9-10H,2-3,6,8,17H2,1H3/t9-,10+/m0/s1. The van der Waals surface area contributed by atoms with Gasteiger partial charge in [0.15, 0.2) is 0 Å². The average molecular weight is 301 g/mol. The van der Waals surface area contributed by atoms with Crippen molar-refractivity contribution in [3.05, 3.63) is 33.8 Å². The van der Waals surface area contributed by atoms with Crippen LogP contribution in [0.1, 0.15) is 30.1 Å².